The van der Waals surface area contributed by atoms with Crippen LogP contribution in [0.3, 0.4) is 0 Å². The van der Waals surface area contributed by atoms with Gasteiger partial charge in [-0.25, -0.2) is 4.98 Å². The van der Waals surface area contributed by atoms with Gasteiger partial charge in [-0.05, 0) is 25.0 Å². The largest absolute Gasteiger partial charge is 0.324 e. The van der Waals surface area contributed by atoms with Crippen molar-refractivity contribution in [1.29, 1.82) is 0 Å². The average molecular weight is 321 g/mol. The molecule has 1 heterocycles. The Labute approximate surface area is 136 Å². The molecule has 110 valence electrons. The van der Waals surface area contributed by atoms with Crippen molar-refractivity contribution in [1.82, 2.24) is 9.55 Å². The zero-order valence-corrected chi connectivity index (χ0v) is 13.3. The summed E-state index contributed by atoms with van der Waals surface area (Å²) < 4.78 is 2.30. The van der Waals surface area contributed by atoms with E-state index in [2.05, 4.69) is 47.0 Å². The second-order valence-electron chi connectivity index (χ2n) is 4.84. The highest BCUT2D eigenvalue weighted by atomic mass is 35.5. The van der Waals surface area contributed by atoms with Crippen molar-refractivity contribution in [2.45, 2.75) is 19.4 Å². The molecule has 3 rings (SSSR count). The molecule has 0 aliphatic heterocycles. The van der Waals surface area contributed by atoms with E-state index in [0.717, 1.165) is 36.3 Å². The molecule has 0 spiro atoms. The molecule has 1 aromatic heterocycles. The first kappa shape index (κ1) is 15.9. The number of alkyl halides is 1. The number of unbranched alkanes of at least 4 members (excludes halogenated alkanes) is 1. The molecule has 21 heavy (non-hydrogen) atoms. The van der Waals surface area contributed by atoms with Gasteiger partial charge in [0, 0.05) is 18.0 Å². The van der Waals surface area contributed by atoms with Gasteiger partial charge in [0.1, 0.15) is 5.82 Å². The van der Waals surface area contributed by atoms with Crippen LogP contribution in [0.4, 0.5) is 0 Å². The Morgan fingerprint density at radius 1 is 0.905 bits per heavy atom. The maximum Gasteiger partial charge on any atom is 0.141 e. The minimum absolute atomic E-state index is 0. The highest BCUT2D eigenvalue weighted by Crippen LogP contribution is 2.25. The van der Waals surface area contributed by atoms with Crippen LogP contribution in [0.25, 0.3) is 22.4 Å². The monoisotopic (exact) mass is 320 g/mol. The van der Waals surface area contributed by atoms with Crippen molar-refractivity contribution in [2.24, 2.45) is 0 Å². The first-order valence-corrected chi connectivity index (χ1v) is 7.50. The molecule has 0 saturated heterocycles. The number of aromatic nitrogens is 2. The number of aryl methyl sites for hydroxylation is 1. The second-order valence-corrected chi connectivity index (χ2v) is 5.22. The summed E-state index contributed by atoms with van der Waals surface area (Å²) in [5, 5.41) is 0. The Hall–Kier alpha value is -1.51. The van der Waals surface area contributed by atoms with E-state index in [1.807, 2.05) is 12.1 Å². The van der Waals surface area contributed by atoms with E-state index in [1.54, 1.807) is 0 Å². The molecule has 0 bridgehead atoms. The number of para-hydroxylation sites is 2. The van der Waals surface area contributed by atoms with Crippen molar-refractivity contribution in [2.75, 3.05) is 5.88 Å². The maximum absolute atomic E-state index is 5.79. The molecule has 3 aromatic rings. The molecule has 0 aliphatic carbocycles. The third kappa shape index (κ3) is 3.39. The van der Waals surface area contributed by atoms with Crippen LogP contribution in [0.15, 0.2) is 54.6 Å². The molecule has 0 amide bonds. The number of benzene rings is 2. The van der Waals surface area contributed by atoms with Gasteiger partial charge >= 0.3 is 0 Å². The Morgan fingerprint density at radius 2 is 1.62 bits per heavy atom. The number of rotatable bonds is 5. The number of hydrogen-bond donors (Lipinski definition) is 0. The van der Waals surface area contributed by atoms with Crippen molar-refractivity contribution in [3.8, 4) is 11.4 Å². The smallest absolute Gasteiger partial charge is 0.141 e. The second kappa shape index (κ2) is 7.48. The van der Waals surface area contributed by atoms with Crippen LogP contribution < -0.4 is 0 Å². The molecule has 2 nitrogen and oxygen atoms in total. The van der Waals surface area contributed by atoms with Crippen LogP contribution in [-0.2, 0) is 6.54 Å². The van der Waals surface area contributed by atoms with Crippen LogP contribution in [0.1, 0.15) is 12.8 Å². The molecular weight excluding hydrogens is 303 g/mol. The van der Waals surface area contributed by atoms with Crippen molar-refractivity contribution < 1.29 is 0 Å². The van der Waals surface area contributed by atoms with E-state index in [-0.39, 0.29) is 12.4 Å². The van der Waals surface area contributed by atoms with E-state index < -0.39 is 0 Å². The third-order valence-corrected chi connectivity index (χ3v) is 3.72. The van der Waals surface area contributed by atoms with Crippen LogP contribution in [0.5, 0.6) is 0 Å². The summed E-state index contributed by atoms with van der Waals surface area (Å²) in [6.45, 7) is 0.956. The van der Waals surface area contributed by atoms with Gasteiger partial charge in [-0.1, -0.05) is 42.5 Å². The lowest BCUT2D eigenvalue weighted by Crippen LogP contribution is -2.01. The van der Waals surface area contributed by atoms with Gasteiger partial charge < -0.3 is 4.57 Å². The van der Waals surface area contributed by atoms with Gasteiger partial charge in [-0.3, -0.25) is 0 Å². The summed E-state index contributed by atoms with van der Waals surface area (Å²) in [6.07, 6.45) is 2.10. The first-order valence-electron chi connectivity index (χ1n) is 6.97. The predicted octanol–water partition coefficient (Wildman–Crippen LogP) is 5.14. The van der Waals surface area contributed by atoms with Gasteiger partial charge in [-0.2, -0.15) is 0 Å². The molecule has 0 radical (unpaired) electrons. The van der Waals surface area contributed by atoms with Gasteiger partial charge in [-0.15, -0.1) is 24.0 Å². The SMILES string of the molecule is Cl.ClCCCCn1c(-c2ccccc2)nc2ccccc21. The molecule has 2 aromatic carbocycles. The molecule has 4 heteroatoms. The predicted molar refractivity (Wildman–Crippen MR) is 92.4 cm³/mol. The van der Waals surface area contributed by atoms with E-state index in [1.165, 1.54) is 5.52 Å². The Balaban J connectivity index is 0.00000161. The lowest BCUT2D eigenvalue weighted by Gasteiger charge is -2.08. The number of halogens is 2. The summed E-state index contributed by atoms with van der Waals surface area (Å²) in [6, 6.07) is 18.7. The molecule has 0 saturated carbocycles. The lowest BCUT2D eigenvalue weighted by molar-refractivity contribution is 0.653. The van der Waals surface area contributed by atoms with E-state index in [4.69, 9.17) is 16.6 Å². The molecule has 0 N–H and O–H groups in total. The highest BCUT2D eigenvalue weighted by molar-refractivity contribution is 6.17. The Kier molecular flexibility index (Phi) is 5.66. The first-order chi connectivity index (χ1) is 9.90. The minimum atomic E-state index is 0. The highest BCUT2D eigenvalue weighted by Gasteiger charge is 2.11. The number of imidazole rings is 1. The van der Waals surface area contributed by atoms with E-state index in [9.17, 15) is 0 Å². The van der Waals surface area contributed by atoms with Crippen molar-refractivity contribution in [3.05, 3.63) is 54.6 Å². The fourth-order valence-electron chi connectivity index (χ4n) is 2.47. The summed E-state index contributed by atoms with van der Waals surface area (Å²) in [5.41, 5.74) is 3.41. The average Bonchev–Trinajstić information content (AvgIpc) is 2.87. The molecular formula is C17H18Cl2N2. The van der Waals surface area contributed by atoms with Gasteiger partial charge in [0.15, 0.2) is 0 Å². The summed E-state index contributed by atoms with van der Waals surface area (Å²) >= 11 is 5.79. The van der Waals surface area contributed by atoms with E-state index >= 15 is 0 Å². The minimum Gasteiger partial charge on any atom is -0.324 e. The fraction of sp³-hybridized carbons (Fsp3) is 0.235. The number of hydrogen-bond acceptors (Lipinski definition) is 1. The van der Waals surface area contributed by atoms with Gasteiger partial charge in [0.25, 0.3) is 0 Å². The van der Waals surface area contributed by atoms with Gasteiger partial charge in [0.2, 0.25) is 0 Å². The summed E-state index contributed by atoms with van der Waals surface area (Å²) in [5.74, 6) is 1.76. The zero-order chi connectivity index (χ0) is 13.8. The number of fused-ring (bicyclic) bond motifs is 1. The third-order valence-electron chi connectivity index (χ3n) is 3.45. The van der Waals surface area contributed by atoms with Crippen LogP contribution in [0.2, 0.25) is 0 Å². The molecule has 0 fully saturated rings. The Morgan fingerprint density at radius 3 is 2.38 bits per heavy atom. The van der Waals surface area contributed by atoms with Crippen molar-refractivity contribution in [3.63, 3.8) is 0 Å². The summed E-state index contributed by atoms with van der Waals surface area (Å²) in [4.78, 5) is 4.79. The topological polar surface area (TPSA) is 17.8 Å². The fourth-order valence-corrected chi connectivity index (χ4v) is 2.66. The van der Waals surface area contributed by atoms with E-state index in [0.29, 0.717) is 5.88 Å². The summed E-state index contributed by atoms with van der Waals surface area (Å²) in [7, 11) is 0. The van der Waals surface area contributed by atoms with Crippen LogP contribution >= 0.6 is 24.0 Å². The van der Waals surface area contributed by atoms with Crippen LogP contribution in [0, 0.1) is 0 Å². The normalized spacial score (nSPS) is 10.5. The Bertz CT molecular complexity index is 692. The van der Waals surface area contributed by atoms with Gasteiger partial charge in [0.05, 0.1) is 11.0 Å². The molecule has 0 unspecified atom stereocenters. The quantitative estimate of drug-likeness (QED) is 0.470. The molecule has 0 aliphatic rings. The zero-order valence-electron chi connectivity index (χ0n) is 11.7. The lowest BCUT2D eigenvalue weighted by atomic mass is 10.2. The van der Waals surface area contributed by atoms with Crippen LogP contribution in [-0.4, -0.2) is 15.4 Å². The van der Waals surface area contributed by atoms with Crippen molar-refractivity contribution >= 4 is 35.0 Å². The number of nitrogens with zero attached hydrogens (tertiary/aromatic N) is 2. The molecule has 0 atom stereocenters. The standard InChI is InChI=1S/C17H17ClN2.ClH/c18-12-6-7-13-20-16-11-5-4-10-15(16)19-17(20)14-8-2-1-3-9-14;/h1-5,8-11H,6-7,12-13H2;1H. The maximum atomic E-state index is 5.79.